The highest BCUT2D eigenvalue weighted by Gasteiger charge is 2.28. The molecule has 0 spiro atoms. The topological polar surface area (TPSA) is 105 Å². The van der Waals surface area contributed by atoms with E-state index in [9.17, 15) is 14.7 Å². The third-order valence-corrected chi connectivity index (χ3v) is 7.07. The molecule has 2 amide bonds. The Morgan fingerprint density at radius 2 is 1.61 bits per heavy atom. The van der Waals surface area contributed by atoms with Gasteiger partial charge in [0.1, 0.15) is 5.69 Å². The highest BCUT2D eigenvalue weighted by atomic mass is 16.3. The monoisotopic (exact) mass is 523 g/mol. The Morgan fingerprint density at radius 3 is 2.21 bits per heavy atom. The van der Waals surface area contributed by atoms with Crippen LogP contribution in [-0.4, -0.2) is 113 Å². The quantitative estimate of drug-likeness (QED) is 0.542. The number of hydrogen-bond donors (Lipinski definition) is 2. The Morgan fingerprint density at radius 1 is 0.947 bits per heavy atom. The fourth-order valence-electron chi connectivity index (χ4n) is 4.95. The zero-order chi connectivity index (χ0) is 27.3. The number of aromatic nitrogens is 2. The van der Waals surface area contributed by atoms with Gasteiger partial charge in [-0.15, -0.1) is 0 Å². The highest BCUT2D eigenvalue weighted by molar-refractivity contribution is 5.96. The number of pyridine rings is 2. The van der Waals surface area contributed by atoms with Crippen molar-refractivity contribution in [3.63, 3.8) is 0 Å². The second-order valence-electron chi connectivity index (χ2n) is 11.3. The molecule has 2 saturated heterocycles. The summed E-state index contributed by atoms with van der Waals surface area (Å²) >= 11 is 0. The number of aliphatic hydroxyl groups excluding tert-OH is 1. The van der Waals surface area contributed by atoms with Gasteiger partial charge in [-0.2, -0.15) is 0 Å². The molecule has 2 N–H and O–H groups in total. The van der Waals surface area contributed by atoms with Crippen molar-refractivity contribution in [2.24, 2.45) is 5.41 Å². The third-order valence-electron chi connectivity index (χ3n) is 7.07. The number of nitrogens with one attached hydrogen (secondary N) is 1. The molecular weight excluding hydrogens is 482 g/mol. The summed E-state index contributed by atoms with van der Waals surface area (Å²) in [4.78, 5) is 43.2. The Kier molecular flexibility index (Phi) is 8.83. The first-order valence-corrected chi connectivity index (χ1v) is 13.5. The summed E-state index contributed by atoms with van der Waals surface area (Å²) in [5.41, 5.74) is 1.69. The molecular formula is C28H41N7O3. The van der Waals surface area contributed by atoms with Gasteiger partial charge < -0.3 is 25.1 Å². The van der Waals surface area contributed by atoms with Crippen LogP contribution in [0.4, 0.5) is 11.5 Å². The van der Waals surface area contributed by atoms with Crippen LogP contribution >= 0.6 is 0 Å². The lowest BCUT2D eigenvalue weighted by Gasteiger charge is -2.38. The fourth-order valence-corrected chi connectivity index (χ4v) is 4.95. The van der Waals surface area contributed by atoms with Crippen LogP contribution in [-0.2, 0) is 0 Å². The molecule has 0 bridgehead atoms. The first kappa shape index (κ1) is 27.8. The third kappa shape index (κ3) is 6.79. The van der Waals surface area contributed by atoms with E-state index >= 15 is 0 Å². The summed E-state index contributed by atoms with van der Waals surface area (Å²) in [7, 11) is 0. The number of anilines is 2. The second-order valence-corrected chi connectivity index (χ2v) is 11.3. The average Bonchev–Trinajstić information content (AvgIpc) is 2.93. The molecule has 10 heteroatoms. The molecule has 0 saturated carbocycles. The number of carbonyl (C=O) groups excluding carboxylic acids is 2. The maximum Gasteiger partial charge on any atom is 0.272 e. The van der Waals surface area contributed by atoms with Crippen molar-refractivity contribution < 1.29 is 14.7 Å². The smallest absolute Gasteiger partial charge is 0.272 e. The van der Waals surface area contributed by atoms with Crippen LogP contribution in [0.25, 0.3) is 0 Å². The fraction of sp³-hybridized carbons (Fsp3) is 0.571. The number of piperazine rings is 2. The molecule has 10 nitrogen and oxygen atoms in total. The summed E-state index contributed by atoms with van der Waals surface area (Å²) in [6, 6.07) is 7.62. The summed E-state index contributed by atoms with van der Waals surface area (Å²) in [5.74, 6) is 0.727. The van der Waals surface area contributed by atoms with Gasteiger partial charge >= 0.3 is 0 Å². The Balaban J connectivity index is 1.30. The van der Waals surface area contributed by atoms with Crippen LogP contribution < -0.4 is 10.2 Å². The number of hydrogen-bond acceptors (Lipinski definition) is 8. The van der Waals surface area contributed by atoms with Crippen molar-refractivity contribution in [3.05, 3.63) is 47.9 Å². The first-order chi connectivity index (χ1) is 18.2. The van der Waals surface area contributed by atoms with Crippen molar-refractivity contribution in [2.45, 2.75) is 33.7 Å². The van der Waals surface area contributed by atoms with Gasteiger partial charge in [0.2, 0.25) is 0 Å². The van der Waals surface area contributed by atoms with Crippen molar-refractivity contribution >= 4 is 23.3 Å². The number of rotatable bonds is 8. The van der Waals surface area contributed by atoms with Crippen LogP contribution in [0.3, 0.4) is 0 Å². The van der Waals surface area contributed by atoms with Crippen molar-refractivity contribution in [1.82, 2.24) is 24.7 Å². The molecule has 4 rings (SSSR count). The minimum Gasteiger partial charge on any atom is -0.396 e. The van der Waals surface area contributed by atoms with Crippen LogP contribution in [0, 0.1) is 5.41 Å². The van der Waals surface area contributed by atoms with Crippen molar-refractivity contribution in [1.29, 1.82) is 0 Å². The molecule has 0 aliphatic carbocycles. The van der Waals surface area contributed by atoms with Crippen LogP contribution in [0.5, 0.6) is 0 Å². The van der Waals surface area contributed by atoms with Gasteiger partial charge in [-0.1, -0.05) is 13.8 Å². The van der Waals surface area contributed by atoms with Crippen LogP contribution in [0.15, 0.2) is 36.7 Å². The molecule has 38 heavy (non-hydrogen) atoms. The zero-order valence-electron chi connectivity index (χ0n) is 23.1. The molecule has 2 aliphatic rings. The van der Waals surface area contributed by atoms with Gasteiger partial charge in [0.25, 0.3) is 11.8 Å². The number of amides is 2. The van der Waals surface area contributed by atoms with Crippen LogP contribution in [0.2, 0.25) is 0 Å². The maximum absolute atomic E-state index is 13.1. The maximum atomic E-state index is 13.1. The van der Waals surface area contributed by atoms with Gasteiger partial charge in [-0.05, 0) is 38.1 Å². The molecule has 0 unspecified atom stereocenters. The molecule has 2 aromatic rings. The Hall–Kier alpha value is -3.24. The molecule has 0 aromatic carbocycles. The van der Waals surface area contributed by atoms with Crippen molar-refractivity contribution in [3.8, 4) is 0 Å². The summed E-state index contributed by atoms with van der Waals surface area (Å²) in [6.07, 6.45) is 3.31. The van der Waals surface area contributed by atoms with E-state index in [1.807, 2.05) is 35.8 Å². The molecule has 2 aliphatic heterocycles. The average molecular weight is 524 g/mol. The number of aliphatic hydroxyl groups is 1. The van der Waals surface area contributed by atoms with Gasteiger partial charge in [-0.25, -0.2) is 4.98 Å². The van der Waals surface area contributed by atoms with E-state index in [0.717, 1.165) is 31.1 Å². The van der Waals surface area contributed by atoms with E-state index in [1.165, 1.54) is 6.20 Å². The summed E-state index contributed by atoms with van der Waals surface area (Å²) < 4.78 is 0. The lowest BCUT2D eigenvalue weighted by Crippen LogP contribution is -2.51. The molecule has 2 aromatic heterocycles. The molecule has 0 atom stereocenters. The molecule has 4 heterocycles. The predicted molar refractivity (Wildman–Crippen MR) is 149 cm³/mol. The van der Waals surface area contributed by atoms with E-state index in [1.54, 1.807) is 18.3 Å². The van der Waals surface area contributed by atoms with E-state index < -0.39 is 0 Å². The number of carbonyl (C=O) groups is 2. The minimum absolute atomic E-state index is 0.0626. The van der Waals surface area contributed by atoms with Gasteiger partial charge in [-0.3, -0.25) is 19.5 Å². The van der Waals surface area contributed by atoms with Gasteiger partial charge in [0.05, 0.1) is 11.3 Å². The Labute approximate surface area is 225 Å². The largest absolute Gasteiger partial charge is 0.396 e. The van der Waals surface area contributed by atoms with E-state index in [4.69, 9.17) is 0 Å². The summed E-state index contributed by atoms with van der Waals surface area (Å²) in [5, 5.41) is 13.0. The molecule has 2 fully saturated rings. The normalized spacial score (nSPS) is 17.2. The predicted octanol–water partition coefficient (Wildman–Crippen LogP) is 2.04. The van der Waals surface area contributed by atoms with E-state index in [0.29, 0.717) is 56.6 Å². The first-order valence-electron chi connectivity index (χ1n) is 13.5. The van der Waals surface area contributed by atoms with E-state index in [-0.39, 0.29) is 23.8 Å². The lowest BCUT2D eigenvalue weighted by atomic mass is 9.94. The SMILES string of the molecule is CC(C)Nc1cccnc1N1CCN(C(=O)c2ccc(C(=O)N3CCN(CC(C)(C)CO)CC3)cn2)CC1. The van der Waals surface area contributed by atoms with Crippen LogP contribution in [0.1, 0.15) is 48.5 Å². The van der Waals surface area contributed by atoms with Gasteiger partial charge in [0, 0.05) is 89.4 Å². The highest BCUT2D eigenvalue weighted by Crippen LogP contribution is 2.25. The minimum atomic E-state index is -0.155. The second kappa shape index (κ2) is 12.1. The zero-order valence-corrected chi connectivity index (χ0v) is 23.1. The van der Waals surface area contributed by atoms with E-state index in [2.05, 4.69) is 38.9 Å². The standard InChI is InChI=1S/C28H41N7O3/c1-21(2)31-23-6-5-9-29-25(23)33-14-16-35(17-15-33)27(38)24-8-7-22(18-30-24)26(37)34-12-10-32(11-13-34)19-28(3,4)20-36/h5-9,18,21,31,36H,10-17,19-20H2,1-4H3. The van der Waals surface area contributed by atoms with Crippen molar-refractivity contribution in [2.75, 3.05) is 75.7 Å². The number of nitrogens with zero attached hydrogens (tertiary/aromatic N) is 6. The molecule has 206 valence electrons. The summed E-state index contributed by atoms with van der Waals surface area (Å²) in [6.45, 7) is 14.6. The van der Waals surface area contributed by atoms with Gasteiger partial charge in [0.15, 0.2) is 5.82 Å². The lowest BCUT2D eigenvalue weighted by molar-refractivity contribution is 0.0499. The molecule has 0 radical (unpaired) electrons. The Bertz CT molecular complexity index is 1090.